The summed E-state index contributed by atoms with van der Waals surface area (Å²) in [6.45, 7) is 9.84. The van der Waals surface area contributed by atoms with Crippen molar-refractivity contribution >= 4 is 11.9 Å². The fourth-order valence-electron chi connectivity index (χ4n) is 5.30. The Morgan fingerprint density at radius 3 is 2.35 bits per heavy atom. The van der Waals surface area contributed by atoms with E-state index >= 15 is 0 Å². The molecule has 4 rings (SSSR count). The third-order valence-corrected chi connectivity index (χ3v) is 7.40. The summed E-state index contributed by atoms with van der Waals surface area (Å²) < 4.78 is 2.24. The Labute approximate surface area is 204 Å². The van der Waals surface area contributed by atoms with Crippen LogP contribution in [0.5, 0.6) is 0 Å². The highest BCUT2D eigenvalue weighted by Gasteiger charge is 2.34. The van der Waals surface area contributed by atoms with Gasteiger partial charge in [0.05, 0.1) is 6.04 Å². The molecule has 6 heteroatoms. The van der Waals surface area contributed by atoms with E-state index in [0.29, 0.717) is 12.5 Å². The average Bonchev–Trinajstić information content (AvgIpc) is 3.31. The molecule has 1 aromatic carbocycles. The van der Waals surface area contributed by atoms with Crippen LogP contribution in [0.15, 0.2) is 42.6 Å². The Kier molecular flexibility index (Phi) is 7.64. The normalized spacial score (nSPS) is 18.8. The standard InChI is InChI=1S/C28H40N4O2/c1-20(2)22-12-14-23(15-13-22)27-25-11-8-16-30(25)17-18-31(27)26(33)19-32(21(3)4)28(34)29-24-9-6-5-7-10-24/h8,11-16,20-21,24,27H,5-7,9-10,17-19H2,1-4H3,(H,29,34). The maximum Gasteiger partial charge on any atom is 0.318 e. The first-order valence-electron chi connectivity index (χ1n) is 13.0. The van der Waals surface area contributed by atoms with Gasteiger partial charge in [-0.1, -0.05) is 57.4 Å². The smallest absolute Gasteiger partial charge is 0.318 e. The molecule has 1 N–H and O–H groups in total. The summed E-state index contributed by atoms with van der Waals surface area (Å²) in [4.78, 5) is 30.5. The van der Waals surface area contributed by atoms with Crippen molar-refractivity contribution in [2.24, 2.45) is 0 Å². The van der Waals surface area contributed by atoms with E-state index in [1.807, 2.05) is 18.7 Å². The van der Waals surface area contributed by atoms with Gasteiger partial charge in [-0.25, -0.2) is 4.79 Å². The molecule has 2 aliphatic rings. The van der Waals surface area contributed by atoms with Gasteiger partial charge in [0.15, 0.2) is 0 Å². The van der Waals surface area contributed by atoms with E-state index < -0.39 is 0 Å². The fraction of sp³-hybridized carbons (Fsp3) is 0.571. The van der Waals surface area contributed by atoms with Crippen LogP contribution in [0.3, 0.4) is 0 Å². The Balaban J connectivity index is 1.54. The number of benzene rings is 1. The molecular formula is C28H40N4O2. The van der Waals surface area contributed by atoms with E-state index in [1.54, 1.807) is 4.90 Å². The maximum atomic E-state index is 13.7. The largest absolute Gasteiger partial charge is 0.348 e. The number of carbonyl (C=O) groups excluding carboxylic acids is 2. The summed E-state index contributed by atoms with van der Waals surface area (Å²) in [5, 5.41) is 3.19. The second-order valence-corrected chi connectivity index (χ2v) is 10.4. The minimum atomic E-state index is -0.145. The lowest BCUT2D eigenvalue weighted by Gasteiger charge is -2.39. The molecule has 6 nitrogen and oxygen atoms in total. The molecule has 1 fully saturated rings. The van der Waals surface area contributed by atoms with Gasteiger partial charge in [-0.2, -0.15) is 0 Å². The molecule has 1 aromatic heterocycles. The number of carbonyl (C=O) groups is 2. The number of fused-ring (bicyclic) bond motifs is 1. The monoisotopic (exact) mass is 464 g/mol. The highest BCUT2D eigenvalue weighted by Crippen LogP contribution is 2.33. The van der Waals surface area contributed by atoms with Gasteiger partial charge in [-0.3, -0.25) is 4.79 Å². The molecule has 1 saturated carbocycles. The van der Waals surface area contributed by atoms with Crippen molar-refractivity contribution in [2.45, 2.75) is 90.4 Å². The number of rotatable bonds is 6. The number of nitrogens with one attached hydrogen (secondary N) is 1. The lowest BCUT2D eigenvalue weighted by molar-refractivity contribution is -0.134. The molecule has 1 aliphatic carbocycles. The topological polar surface area (TPSA) is 57.6 Å². The van der Waals surface area contributed by atoms with Crippen LogP contribution in [0.4, 0.5) is 4.79 Å². The summed E-state index contributed by atoms with van der Waals surface area (Å²) in [6.07, 6.45) is 7.72. The van der Waals surface area contributed by atoms with Crippen molar-refractivity contribution in [2.75, 3.05) is 13.1 Å². The predicted octanol–water partition coefficient (Wildman–Crippen LogP) is 5.30. The third-order valence-electron chi connectivity index (χ3n) is 7.40. The molecule has 0 bridgehead atoms. The van der Waals surface area contributed by atoms with Crippen molar-refractivity contribution in [3.63, 3.8) is 0 Å². The van der Waals surface area contributed by atoms with Crippen LogP contribution >= 0.6 is 0 Å². The highest BCUT2D eigenvalue weighted by atomic mass is 16.2. The highest BCUT2D eigenvalue weighted by molar-refractivity contribution is 5.85. The summed E-state index contributed by atoms with van der Waals surface area (Å²) in [7, 11) is 0. The molecule has 184 valence electrons. The first kappa shape index (κ1) is 24.4. The fourth-order valence-corrected chi connectivity index (χ4v) is 5.30. The van der Waals surface area contributed by atoms with Crippen molar-refractivity contribution < 1.29 is 9.59 Å². The van der Waals surface area contributed by atoms with Gasteiger partial charge < -0.3 is 19.7 Å². The molecule has 1 aliphatic heterocycles. The van der Waals surface area contributed by atoms with Crippen molar-refractivity contribution in [1.82, 2.24) is 19.7 Å². The van der Waals surface area contributed by atoms with Crippen molar-refractivity contribution in [3.8, 4) is 0 Å². The quantitative estimate of drug-likeness (QED) is 0.631. The van der Waals surface area contributed by atoms with Gasteiger partial charge in [0.2, 0.25) is 5.91 Å². The third kappa shape index (κ3) is 5.31. The number of urea groups is 1. The first-order chi connectivity index (χ1) is 16.3. The Morgan fingerprint density at radius 1 is 1.00 bits per heavy atom. The summed E-state index contributed by atoms with van der Waals surface area (Å²) >= 11 is 0. The van der Waals surface area contributed by atoms with Crippen LogP contribution < -0.4 is 5.32 Å². The first-order valence-corrected chi connectivity index (χ1v) is 13.0. The zero-order valence-electron chi connectivity index (χ0n) is 21.2. The summed E-state index contributed by atoms with van der Waals surface area (Å²) in [6, 6.07) is 12.7. The molecule has 34 heavy (non-hydrogen) atoms. The van der Waals surface area contributed by atoms with Gasteiger partial charge in [-0.05, 0) is 55.9 Å². The predicted molar refractivity (Wildman–Crippen MR) is 136 cm³/mol. The van der Waals surface area contributed by atoms with Gasteiger partial charge in [0, 0.05) is 37.1 Å². The zero-order chi connectivity index (χ0) is 24.2. The van der Waals surface area contributed by atoms with E-state index in [-0.39, 0.29) is 36.6 Å². The van der Waals surface area contributed by atoms with E-state index in [2.05, 4.69) is 66.3 Å². The zero-order valence-corrected chi connectivity index (χ0v) is 21.2. The van der Waals surface area contributed by atoms with Crippen molar-refractivity contribution in [1.29, 1.82) is 0 Å². The maximum absolute atomic E-state index is 13.7. The number of amides is 3. The molecule has 0 spiro atoms. The molecule has 1 atom stereocenters. The van der Waals surface area contributed by atoms with Gasteiger partial charge in [0.25, 0.3) is 0 Å². The molecule has 0 radical (unpaired) electrons. The van der Waals surface area contributed by atoms with Crippen molar-refractivity contribution in [3.05, 3.63) is 59.4 Å². The van der Waals surface area contributed by atoms with Crippen LogP contribution in [-0.2, 0) is 11.3 Å². The minimum Gasteiger partial charge on any atom is -0.348 e. The van der Waals surface area contributed by atoms with Crippen LogP contribution in [-0.4, -0.2) is 51.5 Å². The van der Waals surface area contributed by atoms with Crippen LogP contribution in [0, 0.1) is 0 Å². The van der Waals surface area contributed by atoms with E-state index in [0.717, 1.165) is 43.5 Å². The number of hydrogen-bond acceptors (Lipinski definition) is 2. The minimum absolute atomic E-state index is 0.00196. The van der Waals surface area contributed by atoms with E-state index in [9.17, 15) is 9.59 Å². The number of nitrogens with zero attached hydrogens (tertiary/aromatic N) is 3. The molecule has 1 unspecified atom stereocenters. The molecule has 0 saturated heterocycles. The van der Waals surface area contributed by atoms with Crippen LogP contribution in [0.25, 0.3) is 0 Å². The Hall–Kier alpha value is -2.76. The van der Waals surface area contributed by atoms with Crippen LogP contribution in [0.2, 0.25) is 0 Å². The molecular weight excluding hydrogens is 424 g/mol. The lowest BCUT2D eigenvalue weighted by atomic mass is 9.95. The average molecular weight is 465 g/mol. The summed E-state index contributed by atoms with van der Waals surface area (Å²) in [5.74, 6) is 0.460. The second-order valence-electron chi connectivity index (χ2n) is 10.4. The van der Waals surface area contributed by atoms with Gasteiger partial charge in [-0.15, -0.1) is 0 Å². The number of aromatic nitrogens is 1. The Morgan fingerprint density at radius 2 is 1.71 bits per heavy atom. The van der Waals surface area contributed by atoms with E-state index in [4.69, 9.17) is 0 Å². The summed E-state index contributed by atoms with van der Waals surface area (Å²) in [5.41, 5.74) is 3.53. The van der Waals surface area contributed by atoms with E-state index in [1.165, 1.54) is 12.0 Å². The number of hydrogen-bond donors (Lipinski definition) is 1. The Bertz CT molecular complexity index is 973. The molecule has 2 aromatic rings. The SMILES string of the molecule is CC(C)c1ccc(C2c3cccn3CCN2C(=O)CN(C(=O)NC2CCCCC2)C(C)C)cc1. The van der Waals surface area contributed by atoms with Gasteiger partial charge in [0.1, 0.15) is 6.54 Å². The van der Waals surface area contributed by atoms with Crippen LogP contribution in [0.1, 0.15) is 88.6 Å². The second kappa shape index (κ2) is 10.7. The lowest BCUT2D eigenvalue weighted by Crippen LogP contribution is -2.53. The molecule has 2 heterocycles. The van der Waals surface area contributed by atoms with Gasteiger partial charge >= 0.3 is 6.03 Å². The molecule has 3 amide bonds.